The van der Waals surface area contributed by atoms with Crippen LogP contribution in [-0.4, -0.2) is 6.61 Å². The van der Waals surface area contributed by atoms with Gasteiger partial charge in [-0.05, 0) is 49.1 Å². The first-order valence-electron chi connectivity index (χ1n) is 6.20. The number of para-hydroxylation sites is 1. The zero-order chi connectivity index (χ0) is 11.0. The molecule has 3 atom stereocenters. The molecule has 2 bridgehead atoms. The van der Waals surface area contributed by atoms with E-state index in [4.69, 9.17) is 4.74 Å². The molecule has 0 saturated heterocycles. The lowest BCUT2D eigenvalue weighted by atomic mass is 9.89. The third-order valence-electron chi connectivity index (χ3n) is 4.17. The van der Waals surface area contributed by atoms with Crippen molar-refractivity contribution in [3.05, 3.63) is 30.1 Å². The van der Waals surface area contributed by atoms with E-state index in [0.29, 0.717) is 18.3 Å². The molecular formula is C14H17FO. The van der Waals surface area contributed by atoms with Gasteiger partial charge in [0.25, 0.3) is 0 Å². The zero-order valence-corrected chi connectivity index (χ0v) is 9.36. The molecule has 0 heterocycles. The van der Waals surface area contributed by atoms with Gasteiger partial charge < -0.3 is 4.74 Å². The molecule has 0 spiro atoms. The first-order valence-corrected chi connectivity index (χ1v) is 6.20. The minimum atomic E-state index is -0.245. The Balaban J connectivity index is 1.59. The van der Waals surface area contributed by atoms with Gasteiger partial charge in [0.05, 0.1) is 6.61 Å². The standard InChI is InChI=1S/C14H17FO/c15-13-3-1-2-4-14(13)16-9-12-8-10-5-6-11(12)7-10/h1-4,10-12H,5-9H2. The first-order chi connectivity index (χ1) is 7.83. The Hall–Kier alpha value is -1.05. The van der Waals surface area contributed by atoms with E-state index in [0.717, 1.165) is 11.8 Å². The second kappa shape index (κ2) is 4.08. The van der Waals surface area contributed by atoms with Gasteiger partial charge in [0.15, 0.2) is 11.6 Å². The van der Waals surface area contributed by atoms with E-state index in [1.165, 1.54) is 31.7 Å². The summed E-state index contributed by atoms with van der Waals surface area (Å²) in [6, 6.07) is 6.68. The monoisotopic (exact) mass is 220 g/mol. The molecule has 0 aliphatic heterocycles. The molecule has 0 aromatic heterocycles. The van der Waals surface area contributed by atoms with Crippen LogP contribution in [0.4, 0.5) is 4.39 Å². The summed E-state index contributed by atoms with van der Waals surface area (Å²) in [4.78, 5) is 0. The zero-order valence-electron chi connectivity index (χ0n) is 9.36. The van der Waals surface area contributed by atoms with E-state index in [-0.39, 0.29) is 5.82 Å². The highest BCUT2D eigenvalue weighted by Crippen LogP contribution is 2.48. The Kier molecular flexibility index (Phi) is 2.58. The molecule has 1 nitrogen and oxygen atoms in total. The number of halogens is 1. The van der Waals surface area contributed by atoms with Crippen molar-refractivity contribution >= 4 is 0 Å². The van der Waals surface area contributed by atoms with E-state index in [1.807, 2.05) is 6.07 Å². The Labute approximate surface area is 95.6 Å². The number of hydrogen-bond donors (Lipinski definition) is 0. The molecule has 1 aromatic carbocycles. The average Bonchev–Trinajstić information content (AvgIpc) is 2.90. The summed E-state index contributed by atoms with van der Waals surface area (Å²) in [5.74, 6) is 2.60. The van der Waals surface area contributed by atoms with Crippen LogP contribution in [0.3, 0.4) is 0 Å². The quantitative estimate of drug-likeness (QED) is 0.755. The maximum atomic E-state index is 13.3. The molecule has 0 N–H and O–H groups in total. The smallest absolute Gasteiger partial charge is 0.165 e. The molecule has 0 radical (unpaired) electrons. The van der Waals surface area contributed by atoms with Crippen molar-refractivity contribution in [3.63, 3.8) is 0 Å². The van der Waals surface area contributed by atoms with Crippen LogP contribution in [0.25, 0.3) is 0 Å². The number of hydrogen-bond acceptors (Lipinski definition) is 1. The maximum absolute atomic E-state index is 13.3. The van der Waals surface area contributed by atoms with Crippen molar-refractivity contribution in [3.8, 4) is 5.75 Å². The SMILES string of the molecule is Fc1ccccc1OCC1CC2CCC1C2. The van der Waals surface area contributed by atoms with Crippen molar-refractivity contribution in [1.82, 2.24) is 0 Å². The molecule has 3 unspecified atom stereocenters. The van der Waals surface area contributed by atoms with Crippen LogP contribution in [0.2, 0.25) is 0 Å². The highest BCUT2D eigenvalue weighted by molar-refractivity contribution is 5.23. The van der Waals surface area contributed by atoms with Crippen LogP contribution < -0.4 is 4.74 Å². The highest BCUT2D eigenvalue weighted by atomic mass is 19.1. The molecule has 2 aliphatic carbocycles. The largest absolute Gasteiger partial charge is 0.490 e. The van der Waals surface area contributed by atoms with Gasteiger partial charge >= 0.3 is 0 Å². The summed E-state index contributed by atoms with van der Waals surface area (Å²) in [7, 11) is 0. The fourth-order valence-corrected chi connectivity index (χ4v) is 3.34. The van der Waals surface area contributed by atoms with Crippen LogP contribution in [0.15, 0.2) is 24.3 Å². The highest BCUT2D eigenvalue weighted by Gasteiger charge is 2.39. The summed E-state index contributed by atoms with van der Waals surface area (Å²) in [6.07, 6.45) is 5.43. The molecule has 2 heteroatoms. The van der Waals surface area contributed by atoms with Crippen LogP contribution in [0, 0.1) is 23.6 Å². The van der Waals surface area contributed by atoms with Gasteiger partial charge in [0.2, 0.25) is 0 Å². The Morgan fingerprint density at radius 1 is 1.19 bits per heavy atom. The molecular weight excluding hydrogens is 203 g/mol. The van der Waals surface area contributed by atoms with Crippen molar-refractivity contribution in [2.75, 3.05) is 6.61 Å². The van der Waals surface area contributed by atoms with Crippen LogP contribution in [0.5, 0.6) is 5.75 Å². The van der Waals surface area contributed by atoms with E-state index < -0.39 is 0 Å². The minimum absolute atomic E-state index is 0.245. The topological polar surface area (TPSA) is 9.23 Å². The molecule has 2 fully saturated rings. The van der Waals surface area contributed by atoms with Gasteiger partial charge in [-0.15, -0.1) is 0 Å². The third kappa shape index (κ3) is 1.81. The number of benzene rings is 1. The second-order valence-electron chi connectivity index (χ2n) is 5.18. The molecule has 16 heavy (non-hydrogen) atoms. The lowest BCUT2D eigenvalue weighted by Crippen LogP contribution is -2.18. The number of ether oxygens (including phenoxy) is 1. The van der Waals surface area contributed by atoms with Crippen molar-refractivity contribution in [2.45, 2.75) is 25.7 Å². The normalized spacial score (nSPS) is 31.9. The van der Waals surface area contributed by atoms with E-state index in [9.17, 15) is 4.39 Å². The summed E-state index contributed by atoms with van der Waals surface area (Å²) in [5, 5.41) is 0. The summed E-state index contributed by atoms with van der Waals surface area (Å²) in [6.45, 7) is 0.697. The predicted molar refractivity (Wildman–Crippen MR) is 60.8 cm³/mol. The van der Waals surface area contributed by atoms with Gasteiger partial charge in [-0.3, -0.25) is 0 Å². The summed E-state index contributed by atoms with van der Waals surface area (Å²) < 4.78 is 18.9. The number of fused-ring (bicyclic) bond motifs is 2. The molecule has 3 rings (SSSR count). The van der Waals surface area contributed by atoms with Gasteiger partial charge in [-0.1, -0.05) is 18.6 Å². The average molecular weight is 220 g/mol. The molecule has 86 valence electrons. The van der Waals surface area contributed by atoms with Crippen molar-refractivity contribution in [1.29, 1.82) is 0 Å². The van der Waals surface area contributed by atoms with Crippen LogP contribution in [-0.2, 0) is 0 Å². The molecule has 2 saturated carbocycles. The van der Waals surface area contributed by atoms with Crippen molar-refractivity contribution in [2.24, 2.45) is 17.8 Å². The maximum Gasteiger partial charge on any atom is 0.165 e. The predicted octanol–water partition coefficient (Wildman–Crippen LogP) is 3.64. The van der Waals surface area contributed by atoms with E-state index >= 15 is 0 Å². The van der Waals surface area contributed by atoms with Gasteiger partial charge in [0.1, 0.15) is 0 Å². The Bertz CT molecular complexity index is 377. The fraction of sp³-hybridized carbons (Fsp3) is 0.571. The van der Waals surface area contributed by atoms with Crippen LogP contribution >= 0.6 is 0 Å². The summed E-state index contributed by atoms with van der Waals surface area (Å²) >= 11 is 0. The summed E-state index contributed by atoms with van der Waals surface area (Å²) in [5.41, 5.74) is 0. The molecule has 0 amide bonds. The Morgan fingerprint density at radius 2 is 2.06 bits per heavy atom. The van der Waals surface area contributed by atoms with Gasteiger partial charge in [-0.25, -0.2) is 4.39 Å². The second-order valence-corrected chi connectivity index (χ2v) is 5.18. The van der Waals surface area contributed by atoms with Gasteiger partial charge in [-0.2, -0.15) is 0 Å². The first kappa shape index (κ1) is 10.1. The molecule has 2 aliphatic rings. The van der Waals surface area contributed by atoms with E-state index in [1.54, 1.807) is 12.1 Å². The molecule has 1 aromatic rings. The minimum Gasteiger partial charge on any atom is -0.490 e. The van der Waals surface area contributed by atoms with Crippen LogP contribution in [0.1, 0.15) is 25.7 Å². The van der Waals surface area contributed by atoms with Gasteiger partial charge in [0, 0.05) is 0 Å². The fourth-order valence-electron chi connectivity index (χ4n) is 3.34. The van der Waals surface area contributed by atoms with E-state index in [2.05, 4.69) is 0 Å². The number of rotatable bonds is 3. The van der Waals surface area contributed by atoms with Crippen molar-refractivity contribution < 1.29 is 9.13 Å². The lowest BCUT2D eigenvalue weighted by Gasteiger charge is -2.21. The lowest BCUT2D eigenvalue weighted by molar-refractivity contribution is 0.189. The third-order valence-corrected chi connectivity index (χ3v) is 4.17. The Morgan fingerprint density at radius 3 is 2.75 bits per heavy atom.